The Morgan fingerprint density at radius 2 is 2.05 bits per heavy atom. The molecule has 0 amide bonds. The second-order valence-corrected chi connectivity index (χ2v) is 5.97. The minimum absolute atomic E-state index is 0.459. The molecule has 0 aliphatic heterocycles. The van der Waals surface area contributed by atoms with Crippen LogP contribution in [-0.4, -0.2) is 6.54 Å². The number of nitrogens with one attached hydrogen (secondary N) is 1. The molecule has 1 unspecified atom stereocenters. The maximum Gasteiger partial charge on any atom is 0.134 e. The van der Waals surface area contributed by atoms with Gasteiger partial charge in [-0.2, -0.15) is 0 Å². The van der Waals surface area contributed by atoms with Gasteiger partial charge >= 0.3 is 0 Å². The largest absolute Gasteiger partial charge is 0.461 e. The summed E-state index contributed by atoms with van der Waals surface area (Å²) in [6, 6.07) is 8.94. The number of benzene rings is 1. The molecule has 0 saturated heterocycles. The van der Waals surface area contributed by atoms with Crippen molar-refractivity contribution in [3.8, 4) is 0 Å². The van der Waals surface area contributed by atoms with Crippen molar-refractivity contribution in [2.75, 3.05) is 6.54 Å². The van der Waals surface area contributed by atoms with E-state index in [1.807, 2.05) is 0 Å². The maximum atomic E-state index is 6.07. The average Bonchev–Trinajstić information content (AvgIpc) is 3.21. The van der Waals surface area contributed by atoms with Gasteiger partial charge in [-0.3, -0.25) is 0 Å². The third-order valence-electron chi connectivity index (χ3n) is 4.29. The highest BCUT2D eigenvalue weighted by Gasteiger charge is 2.29. The first-order valence-electron chi connectivity index (χ1n) is 8.07. The number of para-hydroxylation sites is 1. The van der Waals surface area contributed by atoms with Gasteiger partial charge < -0.3 is 9.73 Å². The monoisotopic (exact) mass is 271 g/mol. The van der Waals surface area contributed by atoms with Gasteiger partial charge in [0.25, 0.3) is 0 Å². The van der Waals surface area contributed by atoms with Crippen LogP contribution in [0.5, 0.6) is 0 Å². The van der Waals surface area contributed by atoms with Crippen molar-refractivity contribution < 1.29 is 4.42 Å². The summed E-state index contributed by atoms with van der Waals surface area (Å²) in [5, 5.41) is 5.05. The van der Waals surface area contributed by atoms with Gasteiger partial charge in [0.05, 0.1) is 0 Å². The van der Waals surface area contributed by atoms with E-state index in [4.69, 9.17) is 4.42 Å². The maximum absolute atomic E-state index is 6.07. The van der Waals surface area contributed by atoms with Crippen LogP contribution in [0.4, 0.5) is 0 Å². The molecule has 108 valence electrons. The third kappa shape index (κ3) is 2.76. The first kappa shape index (κ1) is 13.7. The molecule has 0 bridgehead atoms. The first-order valence-corrected chi connectivity index (χ1v) is 8.07. The van der Waals surface area contributed by atoms with Crippen molar-refractivity contribution in [2.24, 2.45) is 5.92 Å². The van der Waals surface area contributed by atoms with Crippen LogP contribution >= 0.6 is 0 Å². The average molecular weight is 271 g/mol. The van der Waals surface area contributed by atoms with Crippen molar-refractivity contribution >= 4 is 11.0 Å². The molecule has 0 spiro atoms. The molecule has 1 N–H and O–H groups in total. The zero-order valence-corrected chi connectivity index (χ0v) is 12.6. The van der Waals surface area contributed by atoms with Gasteiger partial charge in [0.2, 0.25) is 0 Å². The summed E-state index contributed by atoms with van der Waals surface area (Å²) in [7, 11) is 0. The number of hydrogen-bond acceptors (Lipinski definition) is 2. The Morgan fingerprint density at radius 3 is 2.75 bits per heavy atom. The van der Waals surface area contributed by atoms with E-state index in [-0.39, 0.29) is 0 Å². The molecular weight excluding hydrogens is 246 g/mol. The number of rotatable bonds is 7. The number of fused-ring (bicyclic) bond motifs is 1. The van der Waals surface area contributed by atoms with E-state index in [9.17, 15) is 0 Å². The van der Waals surface area contributed by atoms with E-state index >= 15 is 0 Å². The first-order chi connectivity index (χ1) is 9.83. The van der Waals surface area contributed by atoms with Crippen LogP contribution in [0.25, 0.3) is 11.0 Å². The lowest BCUT2D eigenvalue weighted by Crippen LogP contribution is -2.23. The standard InChI is InChI=1S/C18H25NO/c1-3-11-19-15(12-13-9-10-13)18-14-7-5-6-8-17(14)20-16(18)4-2/h5-8,13,15,19H,3-4,9-12H2,1-2H3. The highest BCUT2D eigenvalue weighted by Crippen LogP contribution is 2.41. The smallest absolute Gasteiger partial charge is 0.134 e. The summed E-state index contributed by atoms with van der Waals surface area (Å²) < 4.78 is 6.07. The van der Waals surface area contributed by atoms with E-state index in [0.29, 0.717) is 6.04 Å². The van der Waals surface area contributed by atoms with Gasteiger partial charge in [-0.15, -0.1) is 0 Å². The Bertz CT molecular complexity index is 568. The molecule has 2 aromatic rings. The SMILES string of the molecule is CCCNC(CC1CC1)c1c(CC)oc2ccccc12. The molecule has 1 aliphatic rings. The Morgan fingerprint density at radius 1 is 1.25 bits per heavy atom. The van der Waals surface area contributed by atoms with E-state index in [1.165, 1.54) is 42.4 Å². The second-order valence-electron chi connectivity index (χ2n) is 5.97. The van der Waals surface area contributed by atoms with Crippen LogP contribution in [0.2, 0.25) is 0 Å². The van der Waals surface area contributed by atoms with Gasteiger partial charge in [0.15, 0.2) is 0 Å². The number of aryl methyl sites for hydroxylation is 1. The molecule has 1 aliphatic carbocycles. The van der Waals surface area contributed by atoms with Crippen LogP contribution in [0.1, 0.15) is 56.9 Å². The fraction of sp³-hybridized carbons (Fsp3) is 0.556. The van der Waals surface area contributed by atoms with Gasteiger partial charge in [-0.25, -0.2) is 0 Å². The van der Waals surface area contributed by atoms with Crippen LogP contribution < -0.4 is 5.32 Å². The Kier molecular flexibility index (Phi) is 4.11. The summed E-state index contributed by atoms with van der Waals surface area (Å²) in [6.45, 7) is 5.50. The normalized spacial score (nSPS) is 16.7. The quantitative estimate of drug-likeness (QED) is 0.779. The minimum Gasteiger partial charge on any atom is -0.461 e. The lowest BCUT2D eigenvalue weighted by molar-refractivity contribution is 0.458. The summed E-state index contributed by atoms with van der Waals surface area (Å²) in [4.78, 5) is 0. The lowest BCUT2D eigenvalue weighted by Gasteiger charge is -2.19. The van der Waals surface area contributed by atoms with Crippen molar-refractivity contribution in [1.29, 1.82) is 0 Å². The van der Waals surface area contributed by atoms with Gasteiger partial charge in [0.1, 0.15) is 11.3 Å². The van der Waals surface area contributed by atoms with E-state index in [2.05, 4.69) is 43.4 Å². The molecule has 2 heteroatoms. The number of hydrogen-bond donors (Lipinski definition) is 1. The van der Waals surface area contributed by atoms with E-state index in [1.54, 1.807) is 0 Å². The van der Waals surface area contributed by atoms with Crippen molar-refractivity contribution in [1.82, 2.24) is 5.32 Å². The molecule has 2 nitrogen and oxygen atoms in total. The zero-order chi connectivity index (χ0) is 13.9. The highest BCUT2D eigenvalue weighted by molar-refractivity contribution is 5.82. The van der Waals surface area contributed by atoms with Gasteiger partial charge in [-0.05, 0) is 31.4 Å². The molecule has 1 heterocycles. The predicted molar refractivity (Wildman–Crippen MR) is 84.0 cm³/mol. The summed E-state index contributed by atoms with van der Waals surface area (Å²) in [5.74, 6) is 2.09. The molecule has 3 rings (SSSR count). The summed E-state index contributed by atoms with van der Waals surface area (Å²) >= 11 is 0. The fourth-order valence-corrected chi connectivity index (χ4v) is 3.07. The zero-order valence-electron chi connectivity index (χ0n) is 12.6. The van der Waals surface area contributed by atoms with Crippen LogP contribution in [0.3, 0.4) is 0 Å². The number of furan rings is 1. The Balaban J connectivity index is 1.98. The lowest BCUT2D eigenvalue weighted by atomic mass is 9.97. The summed E-state index contributed by atoms with van der Waals surface area (Å²) in [5.41, 5.74) is 2.46. The van der Waals surface area contributed by atoms with Crippen LogP contribution in [0, 0.1) is 5.92 Å². The van der Waals surface area contributed by atoms with E-state index in [0.717, 1.165) is 24.5 Å². The summed E-state index contributed by atoms with van der Waals surface area (Å²) in [6.07, 6.45) is 6.22. The van der Waals surface area contributed by atoms with E-state index < -0.39 is 0 Å². The van der Waals surface area contributed by atoms with Crippen molar-refractivity contribution in [3.63, 3.8) is 0 Å². The highest BCUT2D eigenvalue weighted by atomic mass is 16.3. The molecule has 1 fully saturated rings. The van der Waals surface area contributed by atoms with Gasteiger partial charge in [-0.1, -0.05) is 44.9 Å². The van der Waals surface area contributed by atoms with Crippen LogP contribution in [0.15, 0.2) is 28.7 Å². The molecule has 0 radical (unpaired) electrons. The van der Waals surface area contributed by atoms with Gasteiger partial charge in [0, 0.05) is 23.4 Å². The molecular formula is C18H25NO. The Hall–Kier alpha value is -1.28. The molecule has 1 aromatic heterocycles. The molecule has 1 saturated carbocycles. The molecule has 20 heavy (non-hydrogen) atoms. The molecule has 1 aromatic carbocycles. The second kappa shape index (κ2) is 6.01. The van der Waals surface area contributed by atoms with Crippen molar-refractivity contribution in [3.05, 3.63) is 35.6 Å². The minimum atomic E-state index is 0.459. The fourth-order valence-electron chi connectivity index (χ4n) is 3.07. The third-order valence-corrected chi connectivity index (χ3v) is 4.29. The van der Waals surface area contributed by atoms with Crippen molar-refractivity contribution in [2.45, 2.75) is 52.0 Å². The molecule has 1 atom stereocenters. The predicted octanol–water partition coefficient (Wildman–Crippen LogP) is 4.84. The van der Waals surface area contributed by atoms with Crippen LogP contribution in [-0.2, 0) is 6.42 Å². The topological polar surface area (TPSA) is 25.2 Å². The Labute approximate surface area is 121 Å².